The minimum atomic E-state index is -1.96. The van der Waals surface area contributed by atoms with Crippen molar-refractivity contribution in [2.75, 3.05) is 16.9 Å². The number of aromatic nitrogens is 1. The first-order valence-electron chi connectivity index (χ1n) is 13.7. The van der Waals surface area contributed by atoms with E-state index >= 15 is 4.79 Å². The number of hydrogen-bond acceptors (Lipinski definition) is 8. The first-order valence-corrected chi connectivity index (χ1v) is 14.9. The van der Waals surface area contributed by atoms with Crippen LogP contribution in [0.1, 0.15) is 53.7 Å². The molecule has 5 aromatic rings. The number of benzene rings is 3. The van der Waals surface area contributed by atoms with E-state index in [0.29, 0.717) is 27.5 Å². The van der Waals surface area contributed by atoms with Crippen LogP contribution in [0.25, 0.3) is 11.0 Å². The van der Waals surface area contributed by atoms with Crippen molar-refractivity contribution in [2.24, 2.45) is 0 Å². The number of hydrogen-bond donors (Lipinski definition) is 0. The highest BCUT2D eigenvalue weighted by atomic mass is 35.5. The molecule has 2 aromatic heterocycles. The normalized spacial score (nSPS) is 17.1. The number of fused-ring (bicyclic) bond motifs is 5. The molecule has 7 rings (SSSR count). The summed E-state index contributed by atoms with van der Waals surface area (Å²) in [6.07, 6.45) is 0. The molecule has 0 aliphatic carbocycles. The van der Waals surface area contributed by atoms with Crippen molar-refractivity contribution in [3.63, 3.8) is 0 Å². The summed E-state index contributed by atoms with van der Waals surface area (Å²) < 4.78 is 11.2. The van der Waals surface area contributed by atoms with Gasteiger partial charge in [0.05, 0.1) is 36.0 Å². The molecule has 3 aromatic carbocycles. The van der Waals surface area contributed by atoms with Gasteiger partial charge in [0.2, 0.25) is 5.76 Å². The highest BCUT2D eigenvalue weighted by Gasteiger charge is 2.66. The Bertz CT molecular complexity index is 2150. The van der Waals surface area contributed by atoms with Crippen LogP contribution in [0.4, 0.5) is 10.8 Å². The Hall–Kier alpha value is -4.80. The van der Waals surface area contributed by atoms with Crippen LogP contribution < -0.4 is 15.2 Å². The van der Waals surface area contributed by atoms with Crippen molar-refractivity contribution < 1.29 is 23.5 Å². The van der Waals surface area contributed by atoms with Crippen LogP contribution in [0.3, 0.4) is 0 Å². The average molecular weight is 626 g/mol. The van der Waals surface area contributed by atoms with Gasteiger partial charge in [0.25, 0.3) is 11.8 Å². The van der Waals surface area contributed by atoms with Gasteiger partial charge in [0, 0.05) is 10.6 Å². The highest BCUT2D eigenvalue weighted by molar-refractivity contribution is 7.17. The van der Waals surface area contributed by atoms with Crippen LogP contribution in [0.15, 0.2) is 69.9 Å². The lowest BCUT2D eigenvalue weighted by Gasteiger charge is -2.32. The van der Waals surface area contributed by atoms with E-state index in [-0.39, 0.29) is 38.8 Å². The number of thiazole rings is 1. The number of carbonyl (C=O) groups is 3. The lowest BCUT2D eigenvalue weighted by Crippen LogP contribution is -2.53. The zero-order chi connectivity index (χ0) is 31.1. The van der Waals surface area contributed by atoms with E-state index in [1.807, 2.05) is 26.0 Å². The van der Waals surface area contributed by atoms with Gasteiger partial charge < -0.3 is 14.1 Å². The molecule has 11 heteroatoms. The van der Waals surface area contributed by atoms with Crippen molar-refractivity contribution >= 4 is 62.5 Å². The van der Waals surface area contributed by atoms with Crippen LogP contribution in [0, 0.1) is 20.8 Å². The number of methoxy groups -OCH3 is 1. The van der Waals surface area contributed by atoms with Gasteiger partial charge >= 0.3 is 5.97 Å². The molecule has 2 aliphatic heterocycles. The number of para-hydroxylation sites is 1. The number of halogens is 1. The molecule has 0 saturated heterocycles. The third-order valence-electron chi connectivity index (χ3n) is 8.37. The van der Waals surface area contributed by atoms with Crippen LogP contribution in [-0.2, 0) is 21.6 Å². The summed E-state index contributed by atoms with van der Waals surface area (Å²) in [4.78, 5) is 64.2. The summed E-state index contributed by atoms with van der Waals surface area (Å²) >= 11 is 7.43. The Balaban J connectivity index is 1.57. The molecule has 0 fully saturated rings. The summed E-state index contributed by atoms with van der Waals surface area (Å²) in [5.41, 5.74) is 1.33. The van der Waals surface area contributed by atoms with E-state index in [2.05, 4.69) is 4.98 Å². The smallest absolute Gasteiger partial charge is 0.350 e. The second-order valence-electron chi connectivity index (χ2n) is 10.8. The van der Waals surface area contributed by atoms with E-state index in [9.17, 15) is 14.4 Å². The van der Waals surface area contributed by atoms with E-state index in [1.165, 1.54) is 16.9 Å². The fourth-order valence-corrected chi connectivity index (χ4v) is 7.36. The van der Waals surface area contributed by atoms with E-state index in [4.69, 9.17) is 20.8 Å². The molecule has 0 radical (unpaired) electrons. The monoisotopic (exact) mass is 625 g/mol. The van der Waals surface area contributed by atoms with Gasteiger partial charge in [0.1, 0.15) is 10.5 Å². The fraction of sp³-hybridized carbons (Fsp3) is 0.182. The van der Waals surface area contributed by atoms with Crippen LogP contribution in [0.5, 0.6) is 0 Å². The second-order valence-corrected chi connectivity index (χ2v) is 12.2. The molecular weight excluding hydrogens is 602 g/mol. The van der Waals surface area contributed by atoms with Crippen LogP contribution in [0.2, 0.25) is 5.02 Å². The fourth-order valence-electron chi connectivity index (χ4n) is 6.13. The number of carbonyl (C=O) groups excluding carboxylic acids is 3. The van der Waals surface area contributed by atoms with Gasteiger partial charge in [-0.3, -0.25) is 19.3 Å². The zero-order valence-corrected chi connectivity index (χ0v) is 25.6. The van der Waals surface area contributed by atoms with Crippen molar-refractivity contribution in [1.29, 1.82) is 0 Å². The summed E-state index contributed by atoms with van der Waals surface area (Å²) in [5.74, 6) is -2.14. The minimum absolute atomic E-state index is 0.0536. The highest BCUT2D eigenvalue weighted by Crippen LogP contribution is 2.55. The summed E-state index contributed by atoms with van der Waals surface area (Å²) in [6.45, 7) is 5.45. The van der Waals surface area contributed by atoms with Gasteiger partial charge in [-0.15, -0.1) is 0 Å². The predicted octanol–water partition coefficient (Wildman–Crippen LogP) is 6.07. The third-order valence-corrected chi connectivity index (χ3v) is 9.87. The maximum atomic E-state index is 15.1. The van der Waals surface area contributed by atoms with Crippen molar-refractivity contribution in [1.82, 2.24) is 4.98 Å². The van der Waals surface area contributed by atoms with E-state index in [0.717, 1.165) is 22.5 Å². The Morgan fingerprint density at radius 1 is 1.02 bits per heavy atom. The summed E-state index contributed by atoms with van der Waals surface area (Å²) in [5, 5.41) is 0.771. The molecule has 9 nitrogen and oxygen atoms in total. The molecular formula is C33H24ClN3O6S. The van der Waals surface area contributed by atoms with E-state index in [1.54, 1.807) is 55.5 Å². The zero-order valence-electron chi connectivity index (χ0n) is 24.1. The van der Waals surface area contributed by atoms with Crippen molar-refractivity contribution in [2.45, 2.75) is 32.9 Å². The number of rotatable bonds is 4. The maximum Gasteiger partial charge on any atom is 0.350 e. The molecule has 0 bridgehead atoms. The minimum Gasteiger partial charge on any atom is -0.465 e. The molecule has 2 amide bonds. The molecule has 4 heterocycles. The summed E-state index contributed by atoms with van der Waals surface area (Å²) in [7, 11) is 1.25. The van der Waals surface area contributed by atoms with Gasteiger partial charge in [0.15, 0.2) is 16.1 Å². The molecule has 0 saturated carbocycles. The standard InChI is InChI=1S/C33H24ClN3O6S/c1-16-13-20-24(14-17(16)2)43-27-25(26(20)38)33(37(29(27)39)32-35-18(3)28(44-32)30(40)42-4)21-10-6-8-12-23(21)36(31(33)41)15-19-9-5-7-11-22(19)34/h5-14H,15H2,1-4H3. The number of anilines is 2. The largest absolute Gasteiger partial charge is 0.465 e. The molecule has 1 unspecified atom stereocenters. The topological polar surface area (TPSA) is 110 Å². The average Bonchev–Trinajstić information content (AvgIpc) is 3.59. The molecule has 1 spiro atoms. The molecule has 0 N–H and O–H groups in total. The lowest BCUT2D eigenvalue weighted by atomic mass is 9.84. The Labute approximate surface area is 260 Å². The third kappa shape index (κ3) is 3.67. The molecule has 44 heavy (non-hydrogen) atoms. The number of esters is 1. The lowest BCUT2D eigenvalue weighted by molar-refractivity contribution is -0.121. The SMILES string of the molecule is COC(=O)c1sc(N2C(=O)c3oc4cc(C)c(C)cc4c(=O)c3C23C(=O)N(Cc2ccccc2Cl)c2ccccc23)nc1C. The van der Waals surface area contributed by atoms with Crippen LogP contribution in [-0.4, -0.2) is 29.9 Å². The van der Waals surface area contributed by atoms with Crippen LogP contribution >= 0.6 is 22.9 Å². The van der Waals surface area contributed by atoms with Gasteiger partial charge in [-0.05, 0) is 61.7 Å². The van der Waals surface area contributed by atoms with Gasteiger partial charge in [-0.1, -0.05) is 59.3 Å². The van der Waals surface area contributed by atoms with Gasteiger partial charge in [-0.25, -0.2) is 9.78 Å². The summed E-state index contributed by atoms with van der Waals surface area (Å²) in [6, 6.07) is 17.6. The van der Waals surface area contributed by atoms with Gasteiger partial charge in [-0.2, -0.15) is 0 Å². The molecule has 220 valence electrons. The van der Waals surface area contributed by atoms with E-state index < -0.39 is 28.8 Å². The Kier molecular flexibility index (Phi) is 6.28. The first kappa shape index (κ1) is 28.0. The Morgan fingerprint density at radius 3 is 2.48 bits per heavy atom. The molecule has 1 atom stereocenters. The predicted molar refractivity (Wildman–Crippen MR) is 167 cm³/mol. The van der Waals surface area contributed by atoms with Crippen molar-refractivity contribution in [3.8, 4) is 0 Å². The Morgan fingerprint density at radius 2 is 1.73 bits per heavy atom. The number of aryl methyl sites for hydroxylation is 3. The number of ether oxygens (including phenoxy) is 1. The maximum absolute atomic E-state index is 15.1. The molecule has 2 aliphatic rings. The number of nitrogens with zero attached hydrogens (tertiary/aromatic N) is 3. The number of amides is 2. The second kappa shape index (κ2) is 9.87. The quantitative estimate of drug-likeness (QED) is 0.223. The first-order chi connectivity index (χ1) is 21.1. The van der Waals surface area contributed by atoms with Crippen molar-refractivity contribution in [3.05, 3.63) is 120 Å².